The smallest absolute Gasteiger partial charge is 0.159 e. The minimum atomic E-state index is 0.00752. The van der Waals surface area contributed by atoms with Crippen molar-refractivity contribution in [2.24, 2.45) is 10.2 Å². The fourth-order valence-electron chi connectivity index (χ4n) is 1.45. The molecular formula is C14H11BrN2O2. The molecule has 0 aliphatic heterocycles. The van der Waals surface area contributed by atoms with Crippen LogP contribution in [-0.2, 0) is 0 Å². The second-order valence-corrected chi connectivity index (χ2v) is 4.85. The molecule has 19 heavy (non-hydrogen) atoms. The van der Waals surface area contributed by atoms with Gasteiger partial charge in [-0.2, -0.15) is 5.11 Å². The van der Waals surface area contributed by atoms with Crippen LogP contribution in [0.2, 0.25) is 0 Å². The number of phenols is 1. The lowest BCUT2D eigenvalue weighted by atomic mass is 10.1. The summed E-state index contributed by atoms with van der Waals surface area (Å²) in [5.41, 5.74) is 1.62. The lowest BCUT2D eigenvalue weighted by Crippen LogP contribution is -1.89. The number of rotatable bonds is 3. The van der Waals surface area contributed by atoms with E-state index < -0.39 is 0 Å². The Bertz CT molecular complexity index is 636. The predicted molar refractivity (Wildman–Crippen MR) is 76.4 cm³/mol. The number of halogens is 1. The molecular weight excluding hydrogens is 308 g/mol. The molecule has 5 heteroatoms. The Labute approximate surface area is 118 Å². The molecule has 2 aromatic carbocycles. The second-order valence-electron chi connectivity index (χ2n) is 3.94. The van der Waals surface area contributed by atoms with Crippen molar-refractivity contribution in [3.8, 4) is 5.75 Å². The number of carbonyl (C=O) groups is 1. The quantitative estimate of drug-likeness (QED) is 0.654. The van der Waals surface area contributed by atoms with Crippen LogP contribution in [0.1, 0.15) is 17.3 Å². The molecule has 0 aliphatic carbocycles. The summed E-state index contributed by atoms with van der Waals surface area (Å²) in [5, 5.41) is 17.6. The fourth-order valence-corrected chi connectivity index (χ4v) is 1.80. The van der Waals surface area contributed by atoms with E-state index in [1.807, 2.05) is 0 Å². The van der Waals surface area contributed by atoms with Crippen LogP contribution in [0.15, 0.2) is 57.2 Å². The molecule has 4 nitrogen and oxygen atoms in total. The van der Waals surface area contributed by atoms with Gasteiger partial charge in [0.15, 0.2) is 5.78 Å². The van der Waals surface area contributed by atoms with Crippen molar-refractivity contribution >= 4 is 33.1 Å². The monoisotopic (exact) mass is 318 g/mol. The normalized spacial score (nSPS) is 10.8. The van der Waals surface area contributed by atoms with Crippen LogP contribution in [0.5, 0.6) is 5.75 Å². The highest BCUT2D eigenvalue weighted by molar-refractivity contribution is 9.10. The van der Waals surface area contributed by atoms with Crippen LogP contribution >= 0.6 is 15.9 Å². The maximum Gasteiger partial charge on any atom is 0.159 e. The van der Waals surface area contributed by atoms with E-state index in [9.17, 15) is 9.90 Å². The average molecular weight is 319 g/mol. The van der Waals surface area contributed by atoms with Crippen LogP contribution in [0, 0.1) is 0 Å². The van der Waals surface area contributed by atoms with E-state index in [1.165, 1.54) is 13.0 Å². The van der Waals surface area contributed by atoms with Crippen LogP contribution in [-0.4, -0.2) is 10.9 Å². The van der Waals surface area contributed by atoms with Crippen LogP contribution in [0.25, 0.3) is 0 Å². The molecule has 0 atom stereocenters. The number of hydrogen-bond donors (Lipinski definition) is 1. The summed E-state index contributed by atoms with van der Waals surface area (Å²) in [7, 11) is 0. The van der Waals surface area contributed by atoms with Crippen LogP contribution < -0.4 is 0 Å². The highest BCUT2D eigenvalue weighted by Crippen LogP contribution is 2.30. The first kappa shape index (κ1) is 13.4. The van der Waals surface area contributed by atoms with Crippen molar-refractivity contribution in [3.63, 3.8) is 0 Å². The number of phenolic OH excluding ortho intramolecular Hbond substituents is 1. The zero-order chi connectivity index (χ0) is 13.8. The van der Waals surface area contributed by atoms with E-state index in [0.29, 0.717) is 16.9 Å². The van der Waals surface area contributed by atoms with Gasteiger partial charge in [0, 0.05) is 10.0 Å². The van der Waals surface area contributed by atoms with Crippen molar-refractivity contribution in [2.75, 3.05) is 0 Å². The number of Topliss-reactive ketones (excluding diaryl/α,β-unsaturated/α-hetero) is 1. The first-order valence-electron chi connectivity index (χ1n) is 5.57. The maximum absolute atomic E-state index is 11.1. The van der Waals surface area contributed by atoms with Gasteiger partial charge in [-0.25, -0.2) is 0 Å². The van der Waals surface area contributed by atoms with Gasteiger partial charge in [-0.15, -0.1) is 5.11 Å². The third-order valence-corrected chi connectivity index (χ3v) is 2.98. The van der Waals surface area contributed by atoms with Gasteiger partial charge in [0.1, 0.15) is 11.4 Å². The Hall–Kier alpha value is -2.01. The van der Waals surface area contributed by atoms with Crippen molar-refractivity contribution in [2.45, 2.75) is 6.92 Å². The third-order valence-electron chi connectivity index (χ3n) is 2.48. The van der Waals surface area contributed by atoms with Crippen LogP contribution in [0.4, 0.5) is 11.4 Å². The molecule has 0 saturated heterocycles. The summed E-state index contributed by atoms with van der Waals surface area (Å²) >= 11 is 3.30. The number of nitrogens with zero attached hydrogens (tertiary/aromatic N) is 2. The van der Waals surface area contributed by atoms with Gasteiger partial charge in [-0.05, 0) is 49.4 Å². The minimum Gasteiger partial charge on any atom is -0.506 e. The number of ketones is 1. The summed E-state index contributed by atoms with van der Waals surface area (Å²) in [4.78, 5) is 11.1. The Morgan fingerprint density at radius 2 is 1.79 bits per heavy atom. The van der Waals surface area contributed by atoms with Crippen molar-refractivity contribution in [1.82, 2.24) is 0 Å². The zero-order valence-electron chi connectivity index (χ0n) is 10.2. The summed E-state index contributed by atoms with van der Waals surface area (Å²) in [5.74, 6) is 0.0698. The Morgan fingerprint density at radius 1 is 1.11 bits per heavy atom. The molecule has 0 amide bonds. The molecule has 96 valence electrons. The number of benzene rings is 2. The Morgan fingerprint density at radius 3 is 2.42 bits per heavy atom. The summed E-state index contributed by atoms with van der Waals surface area (Å²) in [6.45, 7) is 1.51. The standard InChI is InChI=1S/C14H11BrN2O2/c1-9(18)10-2-5-12(6-3-10)16-17-13-8-11(15)4-7-14(13)19/h2-8,19H,1H3. The Kier molecular flexibility index (Phi) is 4.06. The molecule has 0 fully saturated rings. The van der Waals surface area contributed by atoms with E-state index in [0.717, 1.165) is 4.47 Å². The van der Waals surface area contributed by atoms with Crippen LogP contribution in [0.3, 0.4) is 0 Å². The van der Waals surface area contributed by atoms with Gasteiger partial charge in [0.2, 0.25) is 0 Å². The van der Waals surface area contributed by atoms with Gasteiger partial charge in [-0.3, -0.25) is 4.79 Å². The summed E-state index contributed by atoms with van der Waals surface area (Å²) in [6, 6.07) is 11.7. The fraction of sp³-hybridized carbons (Fsp3) is 0.0714. The highest BCUT2D eigenvalue weighted by Gasteiger charge is 2.01. The lowest BCUT2D eigenvalue weighted by Gasteiger charge is -1.99. The molecule has 1 N–H and O–H groups in total. The summed E-state index contributed by atoms with van der Waals surface area (Å²) in [6.07, 6.45) is 0. The zero-order valence-corrected chi connectivity index (χ0v) is 11.8. The topological polar surface area (TPSA) is 62.0 Å². The molecule has 0 heterocycles. The molecule has 0 aromatic heterocycles. The molecule has 0 saturated carbocycles. The average Bonchev–Trinajstić information content (AvgIpc) is 2.40. The van der Waals surface area contributed by atoms with Crippen molar-refractivity contribution in [3.05, 3.63) is 52.5 Å². The summed E-state index contributed by atoms with van der Waals surface area (Å²) < 4.78 is 0.811. The number of carbonyl (C=O) groups excluding carboxylic acids is 1. The van der Waals surface area contributed by atoms with E-state index in [4.69, 9.17) is 0 Å². The molecule has 0 spiro atoms. The SMILES string of the molecule is CC(=O)c1ccc(N=Nc2cc(Br)ccc2O)cc1. The number of aromatic hydroxyl groups is 1. The van der Waals surface area contributed by atoms with Gasteiger partial charge in [0.05, 0.1) is 5.69 Å². The highest BCUT2D eigenvalue weighted by atomic mass is 79.9. The van der Waals surface area contributed by atoms with Gasteiger partial charge >= 0.3 is 0 Å². The number of azo groups is 1. The molecule has 0 radical (unpaired) electrons. The van der Waals surface area contributed by atoms with Gasteiger partial charge in [-0.1, -0.05) is 15.9 Å². The second kappa shape index (κ2) is 5.75. The molecule has 2 aromatic rings. The van der Waals surface area contributed by atoms with E-state index >= 15 is 0 Å². The van der Waals surface area contributed by atoms with Gasteiger partial charge < -0.3 is 5.11 Å². The lowest BCUT2D eigenvalue weighted by molar-refractivity contribution is 0.101. The van der Waals surface area contributed by atoms with Gasteiger partial charge in [0.25, 0.3) is 0 Å². The third kappa shape index (κ3) is 3.48. The van der Waals surface area contributed by atoms with E-state index in [2.05, 4.69) is 26.2 Å². The first-order valence-corrected chi connectivity index (χ1v) is 6.37. The first-order chi connectivity index (χ1) is 9.06. The van der Waals surface area contributed by atoms with E-state index in [-0.39, 0.29) is 11.5 Å². The van der Waals surface area contributed by atoms with E-state index in [1.54, 1.807) is 36.4 Å². The molecule has 0 aliphatic rings. The van der Waals surface area contributed by atoms with Crippen molar-refractivity contribution < 1.29 is 9.90 Å². The maximum atomic E-state index is 11.1. The van der Waals surface area contributed by atoms with Crippen molar-refractivity contribution in [1.29, 1.82) is 0 Å². The molecule has 2 rings (SSSR count). The number of hydrogen-bond acceptors (Lipinski definition) is 4. The molecule has 0 bridgehead atoms. The minimum absolute atomic E-state index is 0.00752. The predicted octanol–water partition coefficient (Wildman–Crippen LogP) is 4.77. The Balaban J connectivity index is 2.22. The molecule has 0 unspecified atom stereocenters. The largest absolute Gasteiger partial charge is 0.506 e.